The summed E-state index contributed by atoms with van der Waals surface area (Å²) in [6.07, 6.45) is 2.55. The van der Waals surface area contributed by atoms with Crippen molar-refractivity contribution in [2.75, 3.05) is 32.1 Å². The van der Waals surface area contributed by atoms with E-state index in [1.54, 1.807) is 7.11 Å². The molecule has 1 N–H and O–H groups in total. The molecule has 3 nitrogen and oxygen atoms in total. The number of benzene rings is 1. The fraction of sp³-hybridized carbons (Fsp3) is 0.600. The highest BCUT2D eigenvalue weighted by Gasteiger charge is 2.19. The first-order chi connectivity index (χ1) is 8.69. The second-order valence-electron chi connectivity index (χ2n) is 5.33. The van der Waals surface area contributed by atoms with Gasteiger partial charge in [0.25, 0.3) is 0 Å². The molecule has 2 unspecified atom stereocenters. The number of nitrogens with one attached hydrogen (secondary N) is 1. The molecule has 1 fully saturated rings. The van der Waals surface area contributed by atoms with Crippen molar-refractivity contribution in [3.8, 4) is 5.75 Å². The number of ether oxygens (including phenoxy) is 1. The molecule has 0 amide bonds. The van der Waals surface area contributed by atoms with Gasteiger partial charge in [0, 0.05) is 31.4 Å². The number of methoxy groups -OCH3 is 1. The first-order valence-corrected chi connectivity index (χ1v) is 6.77. The normalized spacial score (nSPS) is 23.7. The standard InChI is InChI=1S/C15H24N2O/c1-12-9-13(7-8-16-12)11-17(2)14-5-4-6-15(10-14)18-3/h4-6,10,12-13,16H,7-9,11H2,1-3H3. The van der Waals surface area contributed by atoms with Crippen molar-refractivity contribution in [2.24, 2.45) is 5.92 Å². The van der Waals surface area contributed by atoms with Gasteiger partial charge in [0.05, 0.1) is 7.11 Å². The van der Waals surface area contributed by atoms with Crippen molar-refractivity contribution in [1.29, 1.82) is 0 Å². The molecule has 1 aliphatic rings. The molecule has 0 bridgehead atoms. The molecule has 1 heterocycles. The van der Waals surface area contributed by atoms with E-state index >= 15 is 0 Å². The number of nitrogens with zero attached hydrogens (tertiary/aromatic N) is 1. The van der Waals surface area contributed by atoms with Crippen molar-refractivity contribution in [3.63, 3.8) is 0 Å². The van der Waals surface area contributed by atoms with Crippen LogP contribution < -0.4 is 15.0 Å². The topological polar surface area (TPSA) is 24.5 Å². The van der Waals surface area contributed by atoms with E-state index in [-0.39, 0.29) is 0 Å². The quantitative estimate of drug-likeness (QED) is 0.886. The number of anilines is 1. The second kappa shape index (κ2) is 6.10. The van der Waals surface area contributed by atoms with Crippen LogP contribution in [0.5, 0.6) is 5.75 Å². The zero-order valence-corrected chi connectivity index (χ0v) is 11.6. The van der Waals surface area contributed by atoms with Crippen LogP contribution in [0.1, 0.15) is 19.8 Å². The summed E-state index contributed by atoms with van der Waals surface area (Å²) in [5.41, 5.74) is 1.24. The van der Waals surface area contributed by atoms with Gasteiger partial charge in [0.2, 0.25) is 0 Å². The molecule has 3 heteroatoms. The largest absolute Gasteiger partial charge is 0.497 e. The van der Waals surface area contributed by atoms with Crippen LogP contribution in [0.15, 0.2) is 24.3 Å². The maximum atomic E-state index is 5.28. The summed E-state index contributed by atoms with van der Waals surface area (Å²) < 4.78 is 5.28. The molecule has 1 aromatic carbocycles. The predicted molar refractivity (Wildman–Crippen MR) is 76.5 cm³/mol. The molecule has 0 saturated carbocycles. The van der Waals surface area contributed by atoms with E-state index in [0.29, 0.717) is 6.04 Å². The Labute approximate surface area is 110 Å². The van der Waals surface area contributed by atoms with Crippen LogP contribution in [-0.4, -0.2) is 33.3 Å². The summed E-state index contributed by atoms with van der Waals surface area (Å²) in [5, 5.41) is 3.50. The van der Waals surface area contributed by atoms with Gasteiger partial charge in [-0.3, -0.25) is 0 Å². The van der Waals surface area contributed by atoms with Gasteiger partial charge in [-0.05, 0) is 44.4 Å². The number of rotatable bonds is 4. The van der Waals surface area contributed by atoms with Gasteiger partial charge in [-0.25, -0.2) is 0 Å². The fourth-order valence-corrected chi connectivity index (χ4v) is 2.74. The monoisotopic (exact) mass is 248 g/mol. The van der Waals surface area contributed by atoms with Gasteiger partial charge in [0.15, 0.2) is 0 Å². The summed E-state index contributed by atoms with van der Waals surface area (Å²) in [5.74, 6) is 1.72. The maximum Gasteiger partial charge on any atom is 0.120 e. The molecule has 0 radical (unpaired) electrons. The summed E-state index contributed by atoms with van der Waals surface area (Å²) in [6.45, 7) is 4.55. The van der Waals surface area contributed by atoms with E-state index in [9.17, 15) is 0 Å². The lowest BCUT2D eigenvalue weighted by molar-refractivity contribution is 0.319. The minimum atomic E-state index is 0.655. The third kappa shape index (κ3) is 3.39. The van der Waals surface area contributed by atoms with Crippen molar-refractivity contribution >= 4 is 5.69 Å². The Morgan fingerprint density at radius 1 is 1.44 bits per heavy atom. The van der Waals surface area contributed by atoms with Crippen LogP contribution >= 0.6 is 0 Å². The van der Waals surface area contributed by atoms with E-state index in [1.165, 1.54) is 18.5 Å². The molecular formula is C15H24N2O. The van der Waals surface area contributed by atoms with Crippen molar-refractivity contribution in [3.05, 3.63) is 24.3 Å². The lowest BCUT2D eigenvalue weighted by Gasteiger charge is -2.32. The van der Waals surface area contributed by atoms with Crippen LogP contribution in [0.4, 0.5) is 5.69 Å². The zero-order valence-electron chi connectivity index (χ0n) is 11.6. The van der Waals surface area contributed by atoms with Crippen LogP contribution in [0.3, 0.4) is 0 Å². The molecule has 1 saturated heterocycles. The lowest BCUT2D eigenvalue weighted by Crippen LogP contribution is -2.39. The molecule has 100 valence electrons. The smallest absolute Gasteiger partial charge is 0.120 e. The summed E-state index contributed by atoms with van der Waals surface area (Å²) >= 11 is 0. The Bertz CT molecular complexity index is 381. The fourth-order valence-electron chi connectivity index (χ4n) is 2.74. The third-order valence-electron chi connectivity index (χ3n) is 3.76. The second-order valence-corrected chi connectivity index (χ2v) is 5.33. The molecule has 1 aliphatic heterocycles. The first-order valence-electron chi connectivity index (χ1n) is 6.77. The van der Waals surface area contributed by atoms with E-state index in [2.05, 4.69) is 42.4 Å². The SMILES string of the molecule is COc1cccc(N(C)CC2CCNC(C)C2)c1. The van der Waals surface area contributed by atoms with Crippen LogP contribution in [0.2, 0.25) is 0 Å². The van der Waals surface area contributed by atoms with E-state index in [0.717, 1.165) is 24.8 Å². The van der Waals surface area contributed by atoms with Gasteiger partial charge >= 0.3 is 0 Å². The summed E-state index contributed by atoms with van der Waals surface area (Å²) in [4.78, 5) is 2.34. The Morgan fingerprint density at radius 3 is 3.00 bits per heavy atom. The number of piperidine rings is 1. The highest BCUT2D eigenvalue weighted by atomic mass is 16.5. The van der Waals surface area contributed by atoms with E-state index in [1.807, 2.05) is 6.07 Å². The molecule has 0 aliphatic carbocycles. The molecule has 0 spiro atoms. The highest BCUT2D eigenvalue weighted by molar-refractivity contribution is 5.50. The van der Waals surface area contributed by atoms with Crippen molar-refractivity contribution in [2.45, 2.75) is 25.8 Å². The van der Waals surface area contributed by atoms with Gasteiger partial charge in [-0.2, -0.15) is 0 Å². The van der Waals surface area contributed by atoms with Crippen LogP contribution in [0, 0.1) is 5.92 Å². The first kappa shape index (κ1) is 13.2. The Hall–Kier alpha value is -1.22. The van der Waals surface area contributed by atoms with Crippen LogP contribution in [0.25, 0.3) is 0 Å². The summed E-state index contributed by atoms with van der Waals surface area (Å²) in [7, 11) is 3.88. The lowest BCUT2D eigenvalue weighted by atomic mass is 9.93. The maximum absolute atomic E-state index is 5.28. The number of hydrogen-bond acceptors (Lipinski definition) is 3. The number of hydrogen-bond donors (Lipinski definition) is 1. The van der Waals surface area contributed by atoms with E-state index < -0.39 is 0 Å². The molecule has 1 aromatic rings. The predicted octanol–water partition coefficient (Wildman–Crippen LogP) is 2.52. The Kier molecular flexibility index (Phi) is 4.48. The zero-order chi connectivity index (χ0) is 13.0. The molecule has 2 rings (SSSR count). The minimum absolute atomic E-state index is 0.655. The van der Waals surface area contributed by atoms with Gasteiger partial charge < -0.3 is 15.0 Å². The Morgan fingerprint density at radius 2 is 2.28 bits per heavy atom. The van der Waals surface area contributed by atoms with Crippen molar-refractivity contribution < 1.29 is 4.74 Å². The van der Waals surface area contributed by atoms with Gasteiger partial charge in [-0.1, -0.05) is 6.07 Å². The summed E-state index contributed by atoms with van der Waals surface area (Å²) in [6, 6.07) is 8.94. The van der Waals surface area contributed by atoms with Crippen LogP contribution in [-0.2, 0) is 0 Å². The van der Waals surface area contributed by atoms with Crippen molar-refractivity contribution in [1.82, 2.24) is 5.32 Å². The van der Waals surface area contributed by atoms with Gasteiger partial charge in [-0.15, -0.1) is 0 Å². The van der Waals surface area contributed by atoms with Gasteiger partial charge in [0.1, 0.15) is 5.75 Å². The average Bonchev–Trinajstić information content (AvgIpc) is 2.39. The highest BCUT2D eigenvalue weighted by Crippen LogP contribution is 2.23. The van der Waals surface area contributed by atoms with E-state index in [4.69, 9.17) is 4.74 Å². The third-order valence-corrected chi connectivity index (χ3v) is 3.76. The molecule has 0 aromatic heterocycles. The molecular weight excluding hydrogens is 224 g/mol. The Balaban J connectivity index is 1.95. The average molecular weight is 248 g/mol. The molecule has 18 heavy (non-hydrogen) atoms. The minimum Gasteiger partial charge on any atom is -0.497 e. The molecule has 2 atom stereocenters.